The molecular formula is C60H39B2N3. The highest BCUT2D eigenvalue weighted by atomic mass is 15.2. The third kappa shape index (κ3) is 5.15. The first-order chi connectivity index (χ1) is 32.3. The Hall–Kier alpha value is -8.27. The fraction of sp³-hybridized carbons (Fsp3) is 0. The van der Waals surface area contributed by atoms with Gasteiger partial charge in [-0.1, -0.05) is 188 Å². The van der Waals surface area contributed by atoms with Crippen molar-refractivity contribution in [3.05, 3.63) is 237 Å². The molecule has 14 rings (SSSR count). The monoisotopic (exact) mass is 823 g/mol. The summed E-state index contributed by atoms with van der Waals surface area (Å²) in [7, 11) is 0. The zero-order valence-corrected chi connectivity index (χ0v) is 35.5. The highest BCUT2D eigenvalue weighted by molar-refractivity contribution is 7.04. The van der Waals surface area contributed by atoms with Gasteiger partial charge in [0.15, 0.2) is 0 Å². The second-order valence-electron chi connectivity index (χ2n) is 17.5. The van der Waals surface area contributed by atoms with Gasteiger partial charge in [0, 0.05) is 51.1 Å². The molecule has 4 aliphatic heterocycles. The largest absolute Gasteiger partial charge is 0.312 e. The number of benzene rings is 10. The standard InChI is InChI=1S/C60H39B2N3/c1-3-21-40(22-4-1)42-25-7-8-26-43(42)44-27-9-10-28-45(44)46-29-11-16-34-51(46)64-53-36-18-13-31-48(53)62-50-33-15-20-38-55(50)65-54-37-19-14-32-49(54)61-47-30-12-17-35-52(47)63(41-23-5-2-6-24-41)56-39-57(64)59(62)60(65)58(56)61/h1-39H. The maximum Gasteiger partial charge on any atom is 0.252 e. The Labute approximate surface area is 380 Å². The van der Waals surface area contributed by atoms with Crippen LogP contribution in [-0.4, -0.2) is 13.4 Å². The molecule has 0 atom stereocenters. The van der Waals surface area contributed by atoms with E-state index < -0.39 is 0 Å². The van der Waals surface area contributed by atoms with Crippen LogP contribution in [0.1, 0.15) is 0 Å². The zero-order valence-electron chi connectivity index (χ0n) is 35.5. The Morgan fingerprint density at radius 1 is 0.246 bits per heavy atom. The van der Waals surface area contributed by atoms with Crippen molar-refractivity contribution < 1.29 is 0 Å². The number of rotatable bonds is 5. The van der Waals surface area contributed by atoms with E-state index in [1.165, 1.54) is 106 Å². The molecule has 0 fully saturated rings. The predicted molar refractivity (Wildman–Crippen MR) is 276 cm³/mol. The molecule has 300 valence electrons. The van der Waals surface area contributed by atoms with Gasteiger partial charge >= 0.3 is 0 Å². The van der Waals surface area contributed by atoms with Crippen molar-refractivity contribution in [1.82, 2.24) is 0 Å². The zero-order chi connectivity index (χ0) is 42.6. The van der Waals surface area contributed by atoms with E-state index in [0.717, 1.165) is 11.4 Å². The number of anilines is 9. The van der Waals surface area contributed by atoms with Gasteiger partial charge in [0.2, 0.25) is 0 Å². The van der Waals surface area contributed by atoms with E-state index in [9.17, 15) is 0 Å². The van der Waals surface area contributed by atoms with Gasteiger partial charge in [0.05, 0.1) is 5.69 Å². The predicted octanol–water partition coefficient (Wildman–Crippen LogP) is 11.4. The van der Waals surface area contributed by atoms with E-state index in [2.05, 4.69) is 251 Å². The molecule has 0 amide bonds. The van der Waals surface area contributed by atoms with Crippen LogP contribution in [0.15, 0.2) is 237 Å². The van der Waals surface area contributed by atoms with E-state index in [0.29, 0.717) is 0 Å². The lowest BCUT2D eigenvalue weighted by Crippen LogP contribution is -2.68. The summed E-state index contributed by atoms with van der Waals surface area (Å²) in [6.07, 6.45) is 0. The maximum atomic E-state index is 2.61. The first-order valence-corrected chi connectivity index (χ1v) is 22.7. The van der Waals surface area contributed by atoms with Crippen LogP contribution < -0.4 is 47.5 Å². The molecule has 0 N–H and O–H groups in total. The fourth-order valence-electron chi connectivity index (χ4n) is 11.7. The first kappa shape index (κ1) is 36.2. The Balaban J connectivity index is 1.09. The quantitative estimate of drug-likeness (QED) is 0.160. The third-order valence-corrected chi connectivity index (χ3v) is 14.3. The lowest BCUT2D eigenvalue weighted by molar-refractivity contribution is 1.23. The molecule has 0 spiro atoms. The molecule has 0 saturated heterocycles. The van der Waals surface area contributed by atoms with Crippen molar-refractivity contribution in [3.63, 3.8) is 0 Å². The van der Waals surface area contributed by atoms with Crippen molar-refractivity contribution in [3.8, 4) is 33.4 Å². The van der Waals surface area contributed by atoms with Crippen molar-refractivity contribution in [2.45, 2.75) is 0 Å². The fourth-order valence-corrected chi connectivity index (χ4v) is 11.7. The van der Waals surface area contributed by atoms with Crippen molar-refractivity contribution in [2.24, 2.45) is 0 Å². The molecular weight excluding hydrogens is 784 g/mol. The summed E-state index contributed by atoms with van der Waals surface area (Å²) in [6.45, 7) is 0.0740. The lowest BCUT2D eigenvalue weighted by Gasteiger charge is -2.51. The van der Waals surface area contributed by atoms with Crippen molar-refractivity contribution >= 4 is 97.4 Å². The minimum Gasteiger partial charge on any atom is -0.312 e. The average molecular weight is 824 g/mol. The van der Waals surface area contributed by atoms with Gasteiger partial charge in [0.1, 0.15) is 0 Å². The van der Waals surface area contributed by atoms with Crippen LogP contribution in [0.2, 0.25) is 0 Å². The van der Waals surface area contributed by atoms with E-state index >= 15 is 0 Å². The second-order valence-corrected chi connectivity index (χ2v) is 17.5. The molecule has 3 nitrogen and oxygen atoms in total. The Morgan fingerprint density at radius 3 is 1.14 bits per heavy atom. The number of nitrogens with zero attached hydrogens (tertiary/aromatic N) is 3. The molecule has 4 heterocycles. The van der Waals surface area contributed by atoms with E-state index in [1.807, 2.05) is 0 Å². The van der Waals surface area contributed by atoms with Gasteiger partial charge in [-0.2, -0.15) is 0 Å². The highest BCUT2D eigenvalue weighted by Crippen LogP contribution is 2.51. The summed E-state index contributed by atoms with van der Waals surface area (Å²) in [5.41, 5.74) is 26.1. The van der Waals surface area contributed by atoms with Gasteiger partial charge in [-0.3, -0.25) is 0 Å². The van der Waals surface area contributed by atoms with Crippen LogP contribution in [0.3, 0.4) is 0 Å². The van der Waals surface area contributed by atoms with Crippen molar-refractivity contribution in [2.75, 3.05) is 14.7 Å². The Bertz CT molecular complexity index is 3530. The minimum atomic E-state index is 0.0238. The molecule has 10 aromatic rings. The molecule has 65 heavy (non-hydrogen) atoms. The molecule has 4 aliphatic rings. The van der Waals surface area contributed by atoms with E-state index in [4.69, 9.17) is 0 Å². The summed E-state index contributed by atoms with van der Waals surface area (Å²) >= 11 is 0. The molecule has 0 aromatic heterocycles. The molecule has 5 heteroatoms. The molecule has 0 radical (unpaired) electrons. The van der Waals surface area contributed by atoms with Gasteiger partial charge in [-0.25, -0.2) is 0 Å². The summed E-state index contributed by atoms with van der Waals surface area (Å²) in [5, 5.41) is 0. The maximum absolute atomic E-state index is 2.61. The topological polar surface area (TPSA) is 9.72 Å². The summed E-state index contributed by atoms with van der Waals surface area (Å²) in [4.78, 5) is 7.73. The van der Waals surface area contributed by atoms with Crippen LogP contribution in [0.4, 0.5) is 51.2 Å². The van der Waals surface area contributed by atoms with E-state index in [1.54, 1.807) is 0 Å². The molecule has 0 unspecified atom stereocenters. The average Bonchev–Trinajstić information content (AvgIpc) is 3.38. The normalized spacial score (nSPS) is 13.4. The van der Waals surface area contributed by atoms with Gasteiger partial charge < -0.3 is 14.7 Å². The highest BCUT2D eigenvalue weighted by Gasteiger charge is 2.51. The van der Waals surface area contributed by atoms with Crippen LogP contribution in [-0.2, 0) is 0 Å². The summed E-state index contributed by atoms with van der Waals surface area (Å²) < 4.78 is 0. The minimum absolute atomic E-state index is 0.0238. The molecule has 10 aromatic carbocycles. The van der Waals surface area contributed by atoms with Crippen LogP contribution >= 0.6 is 0 Å². The van der Waals surface area contributed by atoms with E-state index in [-0.39, 0.29) is 13.4 Å². The summed E-state index contributed by atoms with van der Waals surface area (Å²) in [5.74, 6) is 0. The number of fused-ring (bicyclic) bond motifs is 10. The Kier molecular flexibility index (Phi) is 7.87. The molecule has 0 aliphatic carbocycles. The van der Waals surface area contributed by atoms with Crippen molar-refractivity contribution in [1.29, 1.82) is 0 Å². The number of hydrogen-bond acceptors (Lipinski definition) is 3. The van der Waals surface area contributed by atoms with Gasteiger partial charge in [0.25, 0.3) is 13.4 Å². The van der Waals surface area contributed by atoms with Gasteiger partial charge in [-0.15, -0.1) is 0 Å². The number of hydrogen-bond donors (Lipinski definition) is 0. The SMILES string of the molecule is c1ccc(-c2ccccc2-c2ccccc2-c2ccccc2N2c3ccccc3B3c4ccccc4N4c5ccccc5B5c6ccccc6N(c6ccccc6)c6cc2c3c4c65)cc1. The number of para-hydroxylation sites is 6. The smallest absolute Gasteiger partial charge is 0.252 e. The van der Waals surface area contributed by atoms with Crippen LogP contribution in [0, 0.1) is 0 Å². The van der Waals surface area contributed by atoms with Gasteiger partial charge in [-0.05, 0) is 109 Å². The third-order valence-electron chi connectivity index (χ3n) is 14.3. The molecule has 0 saturated carbocycles. The second kappa shape index (κ2) is 14.1. The van der Waals surface area contributed by atoms with Crippen LogP contribution in [0.25, 0.3) is 33.4 Å². The molecule has 0 bridgehead atoms. The summed E-state index contributed by atoms with van der Waals surface area (Å²) in [6, 6.07) is 87.7. The Morgan fingerprint density at radius 2 is 0.600 bits per heavy atom. The first-order valence-electron chi connectivity index (χ1n) is 22.7. The van der Waals surface area contributed by atoms with Crippen LogP contribution in [0.5, 0.6) is 0 Å². The lowest BCUT2D eigenvalue weighted by atomic mass is 9.29.